The van der Waals surface area contributed by atoms with Crippen LogP contribution in [0.25, 0.3) is 0 Å². The lowest BCUT2D eigenvalue weighted by Gasteiger charge is -2.35. The van der Waals surface area contributed by atoms with E-state index in [4.69, 9.17) is 9.85 Å². The van der Waals surface area contributed by atoms with Crippen molar-refractivity contribution in [3.05, 3.63) is 130 Å². The van der Waals surface area contributed by atoms with E-state index in [2.05, 4.69) is 144 Å². The second-order valence-electron chi connectivity index (χ2n) is 9.79. The van der Waals surface area contributed by atoms with Gasteiger partial charge >= 0.3 is 0 Å². The second-order valence-corrected chi connectivity index (χ2v) is 13.4. The Labute approximate surface area is 227 Å². The van der Waals surface area contributed by atoms with Crippen molar-refractivity contribution in [2.75, 3.05) is 16.7 Å². The molecule has 6 rings (SSSR count). The van der Waals surface area contributed by atoms with Gasteiger partial charge in [-0.2, -0.15) is 5.10 Å². The maximum Gasteiger partial charge on any atom is 0.141 e. The van der Waals surface area contributed by atoms with E-state index in [0.29, 0.717) is 0 Å². The van der Waals surface area contributed by atoms with Crippen molar-refractivity contribution in [3.8, 4) is 0 Å². The first-order valence-corrected chi connectivity index (χ1v) is 14.8. The molecule has 37 heavy (non-hydrogen) atoms. The van der Waals surface area contributed by atoms with Crippen LogP contribution in [0.15, 0.2) is 135 Å². The molecule has 0 N–H and O–H groups in total. The molecule has 2 heterocycles. The average Bonchev–Trinajstić information content (AvgIpc) is 3.39. The van der Waals surface area contributed by atoms with Gasteiger partial charge in [0.05, 0.1) is 22.9 Å². The van der Waals surface area contributed by atoms with Crippen LogP contribution in [-0.4, -0.2) is 13.3 Å². The van der Waals surface area contributed by atoms with E-state index in [0.717, 1.165) is 21.2 Å². The van der Waals surface area contributed by atoms with E-state index in [1.54, 1.807) is 0 Å². The highest BCUT2D eigenvalue weighted by atomic mass is 79.9. The quantitative estimate of drug-likeness (QED) is 0.232. The van der Waals surface area contributed by atoms with Crippen LogP contribution in [0.3, 0.4) is 0 Å². The largest absolute Gasteiger partial charge is 0.346 e. The number of allylic oxidation sites excluding steroid dienone is 2. The molecule has 1 atom stereocenters. The molecule has 6 heteroatoms. The molecule has 0 spiro atoms. The molecule has 2 aliphatic heterocycles. The fourth-order valence-corrected chi connectivity index (χ4v) is 9.75. The summed E-state index contributed by atoms with van der Waals surface area (Å²) >= 11 is 3.78. The summed E-state index contributed by atoms with van der Waals surface area (Å²) in [6, 6.07) is 38.0. The lowest BCUT2D eigenvalue weighted by atomic mass is 9.84. The van der Waals surface area contributed by atoms with Gasteiger partial charge in [0.1, 0.15) is 7.21 Å². The first kappa shape index (κ1) is 24.0. The number of likely N-dealkylation sites (N-methyl/N-ethyl adjacent to an activating group) is 1. The Balaban J connectivity index is 1.76. The first-order valence-electron chi connectivity index (χ1n) is 12.4. The fourth-order valence-electron chi connectivity index (χ4n) is 5.55. The molecule has 0 saturated carbocycles. The van der Waals surface area contributed by atoms with E-state index in [9.17, 15) is 0 Å². The summed E-state index contributed by atoms with van der Waals surface area (Å²) in [5, 5.41) is 7.45. The standard InChI is InChI=1S/C31H28BrN4P/c1-31(2)25-18-10-13-21-28(25)35(3)30(31)29-22-33-36(23-14-6-4-7-15-23)37(29,24-16-8-5-9-17-24)34-27-20-12-11-19-26(27)32/h4-22H,1-3H3. The Hall–Kier alpha value is -3.40. The molecule has 0 amide bonds. The van der Waals surface area contributed by atoms with E-state index in [-0.39, 0.29) is 5.41 Å². The molecular weight excluding hydrogens is 539 g/mol. The lowest BCUT2D eigenvalue weighted by molar-refractivity contribution is 0.640. The smallest absolute Gasteiger partial charge is 0.141 e. The minimum absolute atomic E-state index is 0.219. The van der Waals surface area contributed by atoms with Crippen molar-refractivity contribution in [2.24, 2.45) is 9.85 Å². The lowest BCUT2D eigenvalue weighted by Crippen LogP contribution is -2.27. The molecule has 0 bridgehead atoms. The molecule has 0 aromatic heterocycles. The zero-order valence-electron chi connectivity index (χ0n) is 21.1. The average molecular weight is 567 g/mol. The van der Waals surface area contributed by atoms with Crippen LogP contribution < -0.4 is 15.0 Å². The summed E-state index contributed by atoms with van der Waals surface area (Å²) in [4.78, 5) is 2.35. The maximum absolute atomic E-state index is 5.69. The van der Waals surface area contributed by atoms with Crippen molar-refractivity contribution < 1.29 is 0 Å². The van der Waals surface area contributed by atoms with E-state index >= 15 is 0 Å². The van der Waals surface area contributed by atoms with Crippen LogP contribution in [0.4, 0.5) is 17.1 Å². The fraction of sp³-hybridized carbons (Fsp3) is 0.129. The number of benzene rings is 4. The monoisotopic (exact) mass is 566 g/mol. The summed E-state index contributed by atoms with van der Waals surface area (Å²) in [6.45, 7) is 4.63. The Morgan fingerprint density at radius 2 is 1.41 bits per heavy atom. The van der Waals surface area contributed by atoms with Crippen LogP contribution >= 0.6 is 23.1 Å². The highest BCUT2D eigenvalue weighted by molar-refractivity contribution is 9.10. The third kappa shape index (κ3) is 3.72. The van der Waals surface area contributed by atoms with Crippen molar-refractivity contribution >= 4 is 51.7 Å². The third-order valence-electron chi connectivity index (χ3n) is 7.22. The van der Waals surface area contributed by atoms with Crippen LogP contribution in [0.1, 0.15) is 19.4 Å². The van der Waals surface area contributed by atoms with Crippen molar-refractivity contribution in [1.82, 2.24) is 0 Å². The van der Waals surface area contributed by atoms with Gasteiger partial charge in [0.15, 0.2) is 0 Å². The normalized spacial score (nSPS) is 21.8. The molecule has 0 fully saturated rings. The van der Waals surface area contributed by atoms with Crippen molar-refractivity contribution in [3.63, 3.8) is 0 Å². The highest BCUT2D eigenvalue weighted by Crippen LogP contribution is 2.68. The molecule has 1 unspecified atom stereocenters. The maximum atomic E-state index is 5.69. The number of hydrogen-bond donors (Lipinski definition) is 0. The number of para-hydroxylation sites is 2. The predicted octanol–water partition coefficient (Wildman–Crippen LogP) is 8.67. The summed E-state index contributed by atoms with van der Waals surface area (Å²) < 4.78 is 8.83. The van der Waals surface area contributed by atoms with Gasteiger partial charge in [-0.15, -0.1) is 0 Å². The number of halogens is 1. The molecule has 0 radical (unpaired) electrons. The minimum Gasteiger partial charge on any atom is -0.346 e. The minimum atomic E-state index is -2.64. The molecule has 2 aliphatic rings. The summed E-state index contributed by atoms with van der Waals surface area (Å²) in [5.74, 6) is 0. The van der Waals surface area contributed by atoms with Crippen LogP contribution in [0, 0.1) is 0 Å². The molecule has 0 aliphatic carbocycles. The molecule has 184 valence electrons. The number of nitrogens with zero attached hydrogens (tertiary/aromatic N) is 4. The number of rotatable bonds is 3. The van der Waals surface area contributed by atoms with E-state index < -0.39 is 7.21 Å². The molecule has 0 saturated heterocycles. The van der Waals surface area contributed by atoms with Gasteiger partial charge in [-0.1, -0.05) is 92.7 Å². The Morgan fingerprint density at radius 1 is 0.784 bits per heavy atom. The predicted molar refractivity (Wildman–Crippen MR) is 162 cm³/mol. The van der Waals surface area contributed by atoms with Crippen molar-refractivity contribution in [1.29, 1.82) is 0 Å². The topological polar surface area (TPSA) is 31.2 Å². The summed E-state index contributed by atoms with van der Waals surface area (Å²) in [5.41, 5.74) is 5.51. The van der Waals surface area contributed by atoms with Crippen LogP contribution in [0.2, 0.25) is 0 Å². The zero-order valence-corrected chi connectivity index (χ0v) is 23.6. The van der Waals surface area contributed by atoms with Gasteiger partial charge < -0.3 is 4.90 Å². The Kier molecular flexibility index (Phi) is 5.94. The second kappa shape index (κ2) is 9.16. The van der Waals surface area contributed by atoms with Crippen LogP contribution in [-0.2, 0) is 5.41 Å². The van der Waals surface area contributed by atoms with E-state index in [1.807, 2.05) is 18.2 Å². The van der Waals surface area contributed by atoms with Gasteiger partial charge in [-0.3, -0.25) is 0 Å². The van der Waals surface area contributed by atoms with E-state index in [1.165, 1.54) is 22.3 Å². The third-order valence-corrected chi connectivity index (χ3v) is 11.3. The number of hydrogen-bond acceptors (Lipinski definition) is 3. The Morgan fingerprint density at radius 3 is 2.11 bits per heavy atom. The van der Waals surface area contributed by atoms with Gasteiger partial charge in [-0.05, 0) is 51.8 Å². The van der Waals surface area contributed by atoms with Gasteiger partial charge in [0.25, 0.3) is 0 Å². The first-order chi connectivity index (χ1) is 17.9. The molecular formula is C31H28BrN4P. The van der Waals surface area contributed by atoms with Crippen molar-refractivity contribution in [2.45, 2.75) is 19.3 Å². The van der Waals surface area contributed by atoms with Crippen LogP contribution in [0.5, 0.6) is 0 Å². The SMILES string of the molecule is CN1C(=C2C=NN(c3ccccc3)P2(=Nc2ccccc2Br)c2ccccc2)C(C)(C)c2ccccc21. The van der Waals surface area contributed by atoms with Gasteiger partial charge in [0, 0.05) is 33.6 Å². The number of fused-ring (bicyclic) bond motifs is 1. The summed E-state index contributed by atoms with van der Waals surface area (Å²) in [6.07, 6.45) is 2.06. The molecule has 4 aromatic carbocycles. The molecule has 4 aromatic rings. The zero-order chi connectivity index (χ0) is 25.6. The molecule has 4 nitrogen and oxygen atoms in total. The Bertz CT molecular complexity index is 1590. The van der Waals surface area contributed by atoms with Gasteiger partial charge in [0.2, 0.25) is 0 Å². The summed E-state index contributed by atoms with van der Waals surface area (Å²) in [7, 11) is -0.467. The van der Waals surface area contributed by atoms with Gasteiger partial charge in [-0.25, -0.2) is 9.52 Å². The highest BCUT2D eigenvalue weighted by Gasteiger charge is 2.47. The number of anilines is 2. The number of hydrazone groups is 1.